The van der Waals surface area contributed by atoms with Crippen molar-refractivity contribution in [3.8, 4) is 5.75 Å². The van der Waals surface area contributed by atoms with Crippen molar-refractivity contribution in [2.24, 2.45) is 0 Å². The van der Waals surface area contributed by atoms with Gasteiger partial charge >= 0.3 is 7.91 Å². The zero-order valence-corrected chi connectivity index (χ0v) is 7.78. The molecule has 0 aliphatic carbocycles. The lowest BCUT2D eigenvalue weighted by molar-refractivity contribution is 0.112. The van der Waals surface area contributed by atoms with Gasteiger partial charge in [-0.2, -0.15) is 9.13 Å². The largest absolute Gasteiger partial charge is 0.529 e. The van der Waals surface area contributed by atoms with Gasteiger partial charge in [0.25, 0.3) is 0 Å². The minimum Gasteiger partial charge on any atom is -0.387 e. The predicted octanol–water partition coefficient (Wildman–Crippen LogP) is 2.27. The highest BCUT2D eigenvalue weighted by atomic mass is 31.1. The molecule has 4 nitrogen and oxygen atoms in total. The first kappa shape index (κ1) is 9.68. The van der Waals surface area contributed by atoms with Crippen molar-refractivity contribution >= 4 is 14.2 Å². The summed E-state index contributed by atoms with van der Waals surface area (Å²) in [5, 5.41) is 0. The van der Waals surface area contributed by atoms with Crippen LogP contribution in [0.1, 0.15) is 15.9 Å². The molecule has 0 unspecified atom stereocenters. The van der Waals surface area contributed by atoms with Crippen LogP contribution in [0.3, 0.4) is 0 Å². The van der Waals surface area contributed by atoms with Crippen molar-refractivity contribution < 1.29 is 18.4 Å². The minimum absolute atomic E-state index is 0.252. The number of carbonyl (C=O) groups is 1. The monoisotopic (exact) mass is 198 g/mol. The Bertz CT molecular complexity index is 387. The third kappa shape index (κ3) is 2.53. The van der Waals surface area contributed by atoms with Crippen molar-refractivity contribution in [3.05, 3.63) is 29.3 Å². The van der Waals surface area contributed by atoms with Gasteiger partial charge < -0.3 is 4.52 Å². The highest BCUT2D eigenvalue weighted by molar-refractivity contribution is 7.25. The number of hydrogen-bond acceptors (Lipinski definition) is 4. The number of carbonyl (C=O) groups excluding carboxylic acids is 1. The third-order valence-electron chi connectivity index (χ3n) is 1.51. The van der Waals surface area contributed by atoms with Crippen LogP contribution < -0.4 is 4.52 Å². The molecule has 0 aliphatic heterocycles. The van der Waals surface area contributed by atoms with Gasteiger partial charge in [-0.05, 0) is 30.7 Å². The molecular formula is C8H7O4P. The molecule has 0 aromatic heterocycles. The summed E-state index contributed by atoms with van der Waals surface area (Å²) in [6, 6.07) is 4.50. The van der Waals surface area contributed by atoms with E-state index >= 15 is 0 Å². The number of aryl methyl sites for hydroxylation is 1. The van der Waals surface area contributed by atoms with Gasteiger partial charge in [0.2, 0.25) is 0 Å². The molecule has 0 N–H and O–H groups in total. The standard InChI is InChI=1S/C8H7O4P/c1-6-4-7(5-9)2-3-8(6)12-13(10)11/h2-5H,1H3. The SMILES string of the molecule is Cc1cc(C=O)ccc1OP(=O)=O. The lowest BCUT2D eigenvalue weighted by Crippen LogP contribution is -1.85. The maximum Gasteiger partial charge on any atom is 0.529 e. The summed E-state index contributed by atoms with van der Waals surface area (Å²) in [6.07, 6.45) is 0.688. The fraction of sp³-hybridized carbons (Fsp3) is 0.125. The van der Waals surface area contributed by atoms with Gasteiger partial charge in [-0.1, -0.05) is 0 Å². The molecule has 0 radical (unpaired) electrons. The van der Waals surface area contributed by atoms with Gasteiger partial charge in [0.15, 0.2) is 0 Å². The van der Waals surface area contributed by atoms with Gasteiger partial charge in [0.05, 0.1) is 0 Å². The Morgan fingerprint density at radius 2 is 2.08 bits per heavy atom. The highest BCUT2D eigenvalue weighted by Crippen LogP contribution is 2.23. The average Bonchev–Trinajstić information content (AvgIpc) is 2.08. The van der Waals surface area contributed by atoms with Crippen LogP contribution in [-0.4, -0.2) is 6.29 Å². The Balaban J connectivity index is 3.04. The highest BCUT2D eigenvalue weighted by Gasteiger charge is 2.02. The van der Waals surface area contributed by atoms with Crippen molar-refractivity contribution in [1.29, 1.82) is 0 Å². The van der Waals surface area contributed by atoms with Crippen LogP contribution in [0, 0.1) is 6.92 Å². The molecule has 0 spiro atoms. The summed E-state index contributed by atoms with van der Waals surface area (Å²) in [5.74, 6) is 0.252. The number of aldehydes is 1. The van der Waals surface area contributed by atoms with E-state index in [1.54, 1.807) is 13.0 Å². The molecule has 5 heteroatoms. The van der Waals surface area contributed by atoms with Crippen LogP contribution in [0.5, 0.6) is 5.75 Å². The van der Waals surface area contributed by atoms with E-state index in [2.05, 4.69) is 4.52 Å². The molecule has 0 amide bonds. The Morgan fingerprint density at radius 1 is 1.38 bits per heavy atom. The van der Waals surface area contributed by atoms with E-state index in [1.165, 1.54) is 12.1 Å². The predicted molar refractivity (Wildman–Crippen MR) is 45.5 cm³/mol. The Morgan fingerprint density at radius 3 is 2.54 bits per heavy atom. The lowest BCUT2D eigenvalue weighted by atomic mass is 10.1. The molecule has 13 heavy (non-hydrogen) atoms. The molecule has 1 aromatic carbocycles. The fourth-order valence-corrected chi connectivity index (χ4v) is 1.29. The summed E-state index contributed by atoms with van der Waals surface area (Å²) >= 11 is 0. The van der Waals surface area contributed by atoms with Gasteiger partial charge in [-0.3, -0.25) is 4.79 Å². The van der Waals surface area contributed by atoms with Crippen LogP contribution >= 0.6 is 7.91 Å². The molecule has 68 valence electrons. The van der Waals surface area contributed by atoms with Crippen LogP contribution in [0.4, 0.5) is 0 Å². The van der Waals surface area contributed by atoms with E-state index in [0.717, 1.165) is 0 Å². The zero-order valence-electron chi connectivity index (χ0n) is 6.89. The molecule has 1 rings (SSSR count). The maximum absolute atomic E-state index is 10.3. The number of rotatable bonds is 3. The first-order valence-electron chi connectivity index (χ1n) is 3.51. The summed E-state index contributed by atoms with van der Waals surface area (Å²) < 4.78 is 24.9. The van der Waals surface area contributed by atoms with E-state index in [9.17, 15) is 13.9 Å². The van der Waals surface area contributed by atoms with E-state index in [4.69, 9.17) is 0 Å². The zero-order chi connectivity index (χ0) is 9.84. The summed E-state index contributed by atoms with van der Waals surface area (Å²) in [4.78, 5) is 10.3. The molecule has 0 saturated heterocycles. The Hall–Kier alpha value is -1.41. The van der Waals surface area contributed by atoms with Crippen molar-refractivity contribution in [1.82, 2.24) is 0 Å². The Kier molecular flexibility index (Phi) is 2.98. The second kappa shape index (κ2) is 4.01. The summed E-state index contributed by atoms with van der Waals surface area (Å²) in [6.45, 7) is 1.67. The van der Waals surface area contributed by atoms with Crippen LogP contribution in [0.2, 0.25) is 0 Å². The second-order valence-corrected chi connectivity index (χ2v) is 3.09. The van der Waals surface area contributed by atoms with E-state index in [0.29, 0.717) is 17.4 Å². The van der Waals surface area contributed by atoms with Crippen LogP contribution in [0.25, 0.3) is 0 Å². The molecule has 0 heterocycles. The third-order valence-corrected chi connectivity index (χ3v) is 1.85. The second-order valence-electron chi connectivity index (χ2n) is 2.46. The molecule has 0 bridgehead atoms. The van der Waals surface area contributed by atoms with Crippen molar-refractivity contribution in [2.75, 3.05) is 0 Å². The van der Waals surface area contributed by atoms with E-state index in [1.807, 2.05) is 0 Å². The van der Waals surface area contributed by atoms with Gasteiger partial charge in [-0.15, -0.1) is 0 Å². The molecular weight excluding hydrogens is 191 g/mol. The molecule has 1 aromatic rings. The minimum atomic E-state index is -2.90. The number of benzene rings is 1. The quantitative estimate of drug-likeness (QED) is 0.552. The first-order valence-corrected chi connectivity index (χ1v) is 4.61. The number of hydrogen-bond donors (Lipinski definition) is 0. The van der Waals surface area contributed by atoms with E-state index < -0.39 is 7.91 Å². The molecule has 0 saturated carbocycles. The molecule has 0 fully saturated rings. The normalized spacial score (nSPS) is 9.31. The molecule has 0 atom stereocenters. The van der Waals surface area contributed by atoms with Gasteiger partial charge in [0.1, 0.15) is 12.0 Å². The van der Waals surface area contributed by atoms with Crippen molar-refractivity contribution in [2.45, 2.75) is 6.92 Å². The van der Waals surface area contributed by atoms with Crippen LogP contribution in [0.15, 0.2) is 18.2 Å². The summed E-state index contributed by atoms with van der Waals surface area (Å²) in [7, 11) is -2.90. The lowest BCUT2D eigenvalue weighted by Gasteiger charge is -2.00. The van der Waals surface area contributed by atoms with Gasteiger partial charge in [0, 0.05) is 5.56 Å². The van der Waals surface area contributed by atoms with Crippen LogP contribution in [-0.2, 0) is 9.13 Å². The molecule has 0 aliphatic rings. The first-order chi connectivity index (χ1) is 6.13. The van der Waals surface area contributed by atoms with Gasteiger partial charge in [-0.25, -0.2) is 0 Å². The maximum atomic E-state index is 10.3. The topological polar surface area (TPSA) is 60.4 Å². The fourth-order valence-electron chi connectivity index (χ4n) is 0.929. The Labute approximate surface area is 75.4 Å². The van der Waals surface area contributed by atoms with E-state index in [-0.39, 0.29) is 5.75 Å². The average molecular weight is 198 g/mol. The van der Waals surface area contributed by atoms with Crippen molar-refractivity contribution in [3.63, 3.8) is 0 Å². The smallest absolute Gasteiger partial charge is 0.387 e. The summed E-state index contributed by atoms with van der Waals surface area (Å²) in [5.41, 5.74) is 1.11.